The summed E-state index contributed by atoms with van der Waals surface area (Å²) in [5.74, 6) is 0. The van der Waals surface area contributed by atoms with Gasteiger partial charge in [0.05, 0.1) is 0 Å². The van der Waals surface area contributed by atoms with E-state index < -0.39 is 0 Å². The summed E-state index contributed by atoms with van der Waals surface area (Å²) in [6.45, 7) is 1.76. The van der Waals surface area contributed by atoms with Crippen molar-refractivity contribution >= 4 is 22.6 Å². The standard InChI is InChI=1S/C9H17IO2/c10-6-2-1-3-7-11-9-5-4-8-12-9/h9H,1-8H2. The van der Waals surface area contributed by atoms with E-state index in [2.05, 4.69) is 22.6 Å². The Kier molecular flexibility index (Phi) is 6.34. The summed E-state index contributed by atoms with van der Waals surface area (Å²) in [5.41, 5.74) is 0. The lowest BCUT2D eigenvalue weighted by atomic mass is 10.3. The van der Waals surface area contributed by atoms with Gasteiger partial charge in [-0.1, -0.05) is 29.0 Å². The number of hydrogen-bond donors (Lipinski definition) is 0. The summed E-state index contributed by atoms with van der Waals surface area (Å²) >= 11 is 2.41. The quantitative estimate of drug-likeness (QED) is 0.424. The van der Waals surface area contributed by atoms with Crippen molar-refractivity contribution in [3.05, 3.63) is 0 Å². The average Bonchev–Trinajstić information content (AvgIpc) is 2.57. The van der Waals surface area contributed by atoms with Crippen molar-refractivity contribution in [3.63, 3.8) is 0 Å². The minimum atomic E-state index is 0.115. The van der Waals surface area contributed by atoms with E-state index in [0.29, 0.717) is 0 Å². The average molecular weight is 284 g/mol. The van der Waals surface area contributed by atoms with Gasteiger partial charge in [0.1, 0.15) is 0 Å². The van der Waals surface area contributed by atoms with Crippen molar-refractivity contribution in [2.24, 2.45) is 0 Å². The summed E-state index contributed by atoms with van der Waals surface area (Å²) < 4.78 is 12.1. The summed E-state index contributed by atoms with van der Waals surface area (Å²) in [6, 6.07) is 0. The Hall–Kier alpha value is 0.650. The first-order chi connectivity index (χ1) is 5.93. The fourth-order valence-corrected chi connectivity index (χ4v) is 1.81. The van der Waals surface area contributed by atoms with E-state index in [1.54, 1.807) is 0 Å². The second-order valence-corrected chi connectivity index (χ2v) is 4.14. The lowest BCUT2D eigenvalue weighted by Gasteiger charge is -2.09. The van der Waals surface area contributed by atoms with Crippen LogP contribution in [-0.2, 0) is 9.47 Å². The molecule has 1 atom stereocenters. The molecule has 1 fully saturated rings. The summed E-state index contributed by atoms with van der Waals surface area (Å²) in [6.07, 6.45) is 6.16. The van der Waals surface area contributed by atoms with Crippen LogP contribution >= 0.6 is 22.6 Å². The molecule has 1 saturated heterocycles. The fourth-order valence-electron chi connectivity index (χ4n) is 1.27. The third-order valence-corrected chi connectivity index (χ3v) is 2.73. The summed E-state index contributed by atoms with van der Waals surface area (Å²) in [7, 11) is 0. The van der Waals surface area contributed by atoms with E-state index in [4.69, 9.17) is 9.47 Å². The van der Waals surface area contributed by atoms with Crippen molar-refractivity contribution in [3.8, 4) is 0 Å². The van der Waals surface area contributed by atoms with Crippen LogP contribution in [-0.4, -0.2) is 23.9 Å². The largest absolute Gasteiger partial charge is 0.353 e. The van der Waals surface area contributed by atoms with Crippen molar-refractivity contribution in [1.29, 1.82) is 0 Å². The van der Waals surface area contributed by atoms with E-state index in [1.165, 1.54) is 30.1 Å². The summed E-state index contributed by atoms with van der Waals surface area (Å²) in [4.78, 5) is 0. The Labute approximate surface area is 88.1 Å². The molecule has 12 heavy (non-hydrogen) atoms. The molecule has 0 radical (unpaired) electrons. The second kappa shape index (κ2) is 7.09. The highest BCUT2D eigenvalue weighted by molar-refractivity contribution is 14.1. The van der Waals surface area contributed by atoms with Crippen LogP contribution in [0.15, 0.2) is 0 Å². The first-order valence-corrected chi connectivity index (χ1v) is 6.25. The molecule has 1 rings (SSSR count). The molecule has 1 unspecified atom stereocenters. The number of rotatable bonds is 6. The van der Waals surface area contributed by atoms with Crippen LogP contribution < -0.4 is 0 Å². The molecule has 0 amide bonds. The van der Waals surface area contributed by atoms with Crippen LogP contribution in [0.1, 0.15) is 32.1 Å². The van der Waals surface area contributed by atoms with Crippen molar-refractivity contribution in [1.82, 2.24) is 0 Å². The van der Waals surface area contributed by atoms with E-state index in [9.17, 15) is 0 Å². The third-order valence-electron chi connectivity index (χ3n) is 1.97. The molecule has 1 heterocycles. The van der Waals surface area contributed by atoms with Gasteiger partial charge in [-0.05, 0) is 23.7 Å². The predicted molar refractivity (Wildman–Crippen MR) is 57.7 cm³/mol. The molecule has 1 aliphatic rings. The fraction of sp³-hybridized carbons (Fsp3) is 1.00. The molecule has 1 aliphatic heterocycles. The van der Waals surface area contributed by atoms with Crippen LogP contribution in [0.5, 0.6) is 0 Å². The minimum Gasteiger partial charge on any atom is -0.353 e. The first kappa shape index (κ1) is 10.7. The molecule has 0 aliphatic carbocycles. The Bertz CT molecular complexity index is 103. The zero-order valence-corrected chi connectivity index (χ0v) is 9.59. The Morgan fingerprint density at radius 1 is 1.33 bits per heavy atom. The van der Waals surface area contributed by atoms with Crippen LogP contribution in [0.2, 0.25) is 0 Å². The number of unbranched alkanes of at least 4 members (excludes halogenated alkanes) is 2. The van der Waals surface area contributed by atoms with Crippen molar-refractivity contribution < 1.29 is 9.47 Å². The van der Waals surface area contributed by atoms with Crippen LogP contribution in [0.3, 0.4) is 0 Å². The third kappa shape index (κ3) is 4.62. The maximum Gasteiger partial charge on any atom is 0.157 e. The molecule has 0 aromatic heterocycles. The van der Waals surface area contributed by atoms with Gasteiger partial charge in [-0.3, -0.25) is 0 Å². The molecule has 0 saturated carbocycles. The maximum atomic E-state index is 5.52. The zero-order chi connectivity index (χ0) is 8.65. The van der Waals surface area contributed by atoms with E-state index in [1.807, 2.05) is 0 Å². The van der Waals surface area contributed by atoms with E-state index in [0.717, 1.165) is 19.6 Å². The summed E-state index contributed by atoms with van der Waals surface area (Å²) in [5, 5.41) is 0. The molecule has 0 aromatic carbocycles. The van der Waals surface area contributed by atoms with Gasteiger partial charge in [0.25, 0.3) is 0 Å². The molecule has 3 heteroatoms. The smallest absolute Gasteiger partial charge is 0.157 e. The number of halogens is 1. The van der Waals surface area contributed by atoms with Crippen LogP contribution in [0, 0.1) is 0 Å². The SMILES string of the molecule is ICCCCCOC1CCCO1. The molecule has 72 valence electrons. The lowest BCUT2D eigenvalue weighted by molar-refractivity contribution is -0.111. The highest BCUT2D eigenvalue weighted by atomic mass is 127. The molecular formula is C9H17IO2. The number of hydrogen-bond acceptors (Lipinski definition) is 2. The van der Waals surface area contributed by atoms with Crippen molar-refractivity contribution in [2.45, 2.75) is 38.4 Å². The molecular weight excluding hydrogens is 267 g/mol. The molecule has 2 nitrogen and oxygen atoms in total. The Balaban J connectivity index is 1.81. The normalized spacial score (nSPS) is 23.2. The topological polar surface area (TPSA) is 18.5 Å². The molecule has 0 N–H and O–H groups in total. The van der Waals surface area contributed by atoms with Crippen LogP contribution in [0.4, 0.5) is 0 Å². The van der Waals surface area contributed by atoms with Gasteiger partial charge < -0.3 is 9.47 Å². The number of ether oxygens (including phenoxy) is 2. The monoisotopic (exact) mass is 284 g/mol. The van der Waals surface area contributed by atoms with Gasteiger partial charge >= 0.3 is 0 Å². The maximum absolute atomic E-state index is 5.52. The molecule has 0 spiro atoms. The van der Waals surface area contributed by atoms with Gasteiger partial charge in [0.2, 0.25) is 0 Å². The molecule has 0 bridgehead atoms. The second-order valence-electron chi connectivity index (χ2n) is 3.06. The zero-order valence-electron chi connectivity index (χ0n) is 7.43. The van der Waals surface area contributed by atoms with Gasteiger partial charge in [0, 0.05) is 19.6 Å². The first-order valence-electron chi connectivity index (χ1n) is 4.72. The van der Waals surface area contributed by atoms with E-state index in [-0.39, 0.29) is 6.29 Å². The minimum absolute atomic E-state index is 0.115. The van der Waals surface area contributed by atoms with Gasteiger partial charge in [-0.25, -0.2) is 0 Å². The van der Waals surface area contributed by atoms with Crippen LogP contribution in [0.25, 0.3) is 0 Å². The highest BCUT2D eigenvalue weighted by Gasteiger charge is 2.14. The number of alkyl halides is 1. The Morgan fingerprint density at radius 2 is 2.25 bits per heavy atom. The Morgan fingerprint density at radius 3 is 2.92 bits per heavy atom. The predicted octanol–water partition coefficient (Wildman–Crippen LogP) is 2.74. The van der Waals surface area contributed by atoms with Gasteiger partial charge in [-0.15, -0.1) is 0 Å². The van der Waals surface area contributed by atoms with E-state index >= 15 is 0 Å². The van der Waals surface area contributed by atoms with Gasteiger partial charge in [0.15, 0.2) is 6.29 Å². The van der Waals surface area contributed by atoms with Crippen molar-refractivity contribution in [2.75, 3.05) is 17.6 Å². The van der Waals surface area contributed by atoms with Gasteiger partial charge in [-0.2, -0.15) is 0 Å². The molecule has 0 aromatic rings. The highest BCUT2D eigenvalue weighted by Crippen LogP contribution is 2.13. The lowest BCUT2D eigenvalue weighted by Crippen LogP contribution is -2.11.